The topological polar surface area (TPSA) is 56.7 Å². The largest absolute Gasteiger partial charge is 0.399 e. The molecule has 0 aliphatic rings. The summed E-state index contributed by atoms with van der Waals surface area (Å²) in [5.74, 6) is 1.04. The van der Waals surface area contributed by atoms with Crippen molar-refractivity contribution in [3.63, 3.8) is 0 Å². The molecule has 0 amide bonds. The number of nitrogen functional groups attached to an aromatic ring is 1. The second-order valence-electron chi connectivity index (χ2n) is 3.92. The summed E-state index contributed by atoms with van der Waals surface area (Å²) in [5, 5.41) is 8.85. The van der Waals surface area contributed by atoms with Gasteiger partial charge < -0.3 is 10.3 Å². The van der Waals surface area contributed by atoms with Crippen molar-refractivity contribution in [1.29, 1.82) is 0 Å². The minimum Gasteiger partial charge on any atom is -0.399 e. The number of aryl methyl sites for hydroxylation is 2. The molecule has 90 valence electrons. The van der Waals surface area contributed by atoms with Crippen molar-refractivity contribution >= 4 is 17.4 Å². The van der Waals surface area contributed by atoms with Crippen LogP contribution in [-0.4, -0.2) is 20.5 Å². The van der Waals surface area contributed by atoms with Crippen molar-refractivity contribution in [1.82, 2.24) is 14.8 Å². The van der Waals surface area contributed by atoms with Crippen molar-refractivity contribution in [3.05, 3.63) is 36.2 Å². The Labute approximate surface area is 105 Å². The minimum absolute atomic E-state index is 0.837. The van der Waals surface area contributed by atoms with E-state index in [9.17, 15) is 0 Å². The van der Waals surface area contributed by atoms with E-state index in [1.54, 1.807) is 18.1 Å². The quantitative estimate of drug-likeness (QED) is 0.500. The molecule has 5 heteroatoms. The third-order valence-corrected chi connectivity index (χ3v) is 3.58. The summed E-state index contributed by atoms with van der Waals surface area (Å²) in [6.07, 6.45) is 3.89. The summed E-state index contributed by atoms with van der Waals surface area (Å²) >= 11 is 1.74. The molecule has 2 aromatic rings. The molecule has 2 N–H and O–H groups in total. The van der Waals surface area contributed by atoms with Crippen LogP contribution in [0, 0.1) is 0 Å². The van der Waals surface area contributed by atoms with Gasteiger partial charge in [-0.3, -0.25) is 0 Å². The maximum Gasteiger partial charge on any atom is 0.190 e. The summed E-state index contributed by atoms with van der Waals surface area (Å²) in [5.41, 5.74) is 7.86. The number of nitrogens with two attached hydrogens (primary N) is 1. The van der Waals surface area contributed by atoms with E-state index >= 15 is 0 Å². The Kier molecular flexibility index (Phi) is 4.03. The Balaban J connectivity index is 1.75. The van der Waals surface area contributed by atoms with Crippen LogP contribution in [0.2, 0.25) is 0 Å². The van der Waals surface area contributed by atoms with Crippen LogP contribution in [0.25, 0.3) is 0 Å². The number of benzene rings is 1. The molecular formula is C12H16N4S. The van der Waals surface area contributed by atoms with Crippen molar-refractivity contribution in [3.8, 4) is 0 Å². The smallest absolute Gasteiger partial charge is 0.190 e. The molecule has 0 radical (unpaired) electrons. The second kappa shape index (κ2) is 5.72. The van der Waals surface area contributed by atoms with Gasteiger partial charge in [-0.1, -0.05) is 23.9 Å². The van der Waals surface area contributed by atoms with Crippen LogP contribution in [0.4, 0.5) is 5.69 Å². The van der Waals surface area contributed by atoms with Gasteiger partial charge in [0.05, 0.1) is 0 Å². The van der Waals surface area contributed by atoms with E-state index in [0.717, 1.165) is 29.4 Å². The van der Waals surface area contributed by atoms with E-state index in [2.05, 4.69) is 16.3 Å². The maximum absolute atomic E-state index is 5.73. The molecule has 4 nitrogen and oxygen atoms in total. The zero-order chi connectivity index (χ0) is 12.1. The number of thioether (sulfide) groups is 1. The fraction of sp³-hybridized carbons (Fsp3) is 0.333. The van der Waals surface area contributed by atoms with Gasteiger partial charge >= 0.3 is 0 Å². The third-order valence-electron chi connectivity index (χ3n) is 2.46. The molecule has 0 saturated heterocycles. The van der Waals surface area contributed by atoms with E-state index in [1.165, 1.54) is 5.56 Å². The van der Waals surface area contributed by atoms with Gasteiger partial charge in [-0.15, -0.1) is 10.2 Å². The lowest BCUT2D eigenvalue weighted by atomic mass is 10.1. The van der Waals surface area contributed by atoms with Gasteiger partial charge in [0.1, 0.15) is 6.33 Å². The summed E-state index contributed by atoms with van der Waals surface area (Å²) in [6.45, 7) is 0. The van der Waals surface area contributed by atoms with E-state index in [-0.39, 0.29) is 0 Å². The minimum atomic E-state index is 0.837. The summed E-state index contributed by atoms with van der Waals surface area (Å²) in [7, 11) is 1.96. The number of anilines is 1. The molecule has 1 aromatic carbocycles. The first-order chi connectivity index (χ1) is 8.25. The molecule has 0 bridgehead atoms. The van der Waals surface area contributed by atoms with Gasteiger partial charge in [0, 0.05) is 18.5 Å². The molecule has 17 heavy (non-hydrogen) atoms. The van der Waals surface area contributed by atoms with Crippen molar-refractivity contribution in [2.75, 3.05) is 11.5 Å². The van der Waals surface area contributed by atoms with Crippen LogP contribution in [0.3, 0.4) is 0 Å². The average molecular weight is 248 g/mol. The zero-order valence-electron chi connectivity index (χ0n) is 9.84. The predicted octanol–water partition coefficient (Wildman–Crippen LogP) is 2.12. The predicted molar refractivity (Wildman–Crippen MR) is 70.9 cm³/mol. The van der Waals surface area contributed by atoms with Gasteiger partial charge in [0.25, 0.3) is 0 Å². The number of rotatable bonds is 5. The molecule has 0 aliphatic carbocycles. The second-order valence-corrected chi connectivity index (χ2v) is 4.98. The Bertz CT molecular complexity index is 481. The fourth-order valence-electron chi connectivity index (χ4n) is 1.59. The molecular weight excluding hydrogens is 232 g/mol. The molecule has 2 rings (SSSR count). The summed E-state index contributed by atoms with van der Waals surface area (Å²) in [4.78, 5) is 0. The van der Waals surface area contributed by atoms with Gasteiger partial charge in [-0.05, 0) is 30.5 Å². The molecule has 0 fully saturated rings. The highest BCUT2D eigenvalue weighted by atomic mass is 32.2. The van der Waals surface area contributed by atoms with Gasteiger partial charge in [-0.2, -0.15) is 0 Å². The van der Waals surface area contributed by atoms with Gasteiger partial charge in [0.2, 0.25) is 0 Å². The lowest BCUT2D eigenvalue weighted by Crippen LogP contribution is -1.93. The molecule has 0 atom stereocenters. The number of hydrogen-bond acceptors (Lipinski definition) is 4. The first kappa shape index (κ1) is 12.0. The number of hydrogen-bond donors (Lipinski definition) is 1. The molecule has 0 aliphatic heterocycles. The van der Waals surface area contributed by atoms with Gasteiger partial charge in [-0.25, -0.2) is 0 Å². The molecule has 0 spiro atoms. The Hall–Kier alpha value is -1.49. The van der Waals surface area contributed by atoms with Crippen LogP contribution < -0.4 is 5.73 Å². The highest BCUT2D eigenvalue weighted by Gasteiger charge is 2.01. The fourth-order valence-corrected chi connectivity index (χ4v) is 2.42. The molecule has 1 aromatic heterocycles. The van der Waals surface area contributed by atoms with Crippen molar-refractivity contribution in [2.45, 2.75) is 18.0 Å². The van der Waals surface area contributed by atoms with Gasteiger partial charge in [0.15, 0.2) is 5.16 Å². The van der Waals surface area contributed by atoms with Crippen LogP contribution in [0.15, 0.2) is 35.7 Å². The average Bonchev–Trinajstić information content (AvgIpc) is 2.71. The Morgan fingerprint density at radius 2 is 2.29 bits per heavy atom. The number of nitrogens with zero attached hydrogens (tertiary/aromatic N) is 3. The van der Waals surface area contributed by atoms with Crippen molar-refractivity contribution in [2.24, 2.45) is 7.05 Å². The zero-order valence-corrected chi connectivity index (χ0v) is 10.7. The lowest BCUT2D eigenvalue weighted by molar-refractivity contribution is 0.786. The molecule has 0 unspecified atom stereocenters. The normalized spacial score (nSPS) is 10.6. The van der Waals surface area contributed by atoms with Crippen LogP contribution >= 0.6 is 11.8 Å². The Morgan fingerprint density at radius 1 is 1.41 bits per heavy atom. The lowest BCUT2D eigenvalue weighted by Gasteiger charge is -2.02. The van der Waals surface area contributed by atoms with Crippen LogP contribution in [0.5, 0.6) is 0 Å². The van der Waals surface area contributed by atoms with Crippen LogP contribution in [-0.2, 0) is 13.5 Å². The monoisotopic (exact) mass is 248 g/mol. The molecule has 1 heterocycles. The van der Waals surface area contributed by atoms with E-state index in [1.807, 2.05) is 29.8 Å². The highest BCUT2D eigenvalue weighted by Crippen LogP contribution is 2.16. The van der Waals surface area contributed by atoms with E-state index in [0.29, 0.717) is 0 Å². The summed E-state index contributed by atoms with van der Waals surface area (Å²) < 4.78 is 1.94. The first-order valence-electron chi connectivity index (χ1n) is 5.57. The first-order valence-corrected chi connectivity index (χ1v) is 6.55. The summed E-state index contributed by atoms with van der Waals surface area (Å²) in [6, 6.07) is 8.06. The van der Waals surface area contributed by atoms with Crippen molar-refractivity contribution < 1.29 is 0 Å². The van der Waals surface area contributed by atoms with E-state index < -0.39 is 0 Å². The SMILES string of the molecule is Cn1cnnc1SCCCc1cccc(N)c1. The standard InChI is InChI=1S/C12H16N4S/c1-16-9-14-15-12(16)17-7-3-5-10-4-2-6-11(13)8-10/h2,4,6,8-9H,3,5,7,13H2,1H3. The molecule has 0 saturated carbocycles. The number of aromatic nitrogens is 3. The third kappa shape index (κ3) is 3.49. The van der Waals surface area contributed by atoms with E-state index in [4.69, 9.17) is 5.73 Å². The highest BCUT2D eigenvalue weighted by molar-refractivity contribution is 7.99. The Morgan fingerprint density at radius 3 is 3.00 bits per heavy atom. The maximum atomic E-state index is 5.73. The van der Waals surface area contributed by atoms with Crippen LogP contribution in [0.1, 0.15) is 12.0 Å².